The number of aromatic nitrogens is 2. The van der Waals surface area contributed by atoms with Crippen LogP contribution >= 0.6 is 0 Å². The van der Waals surface area contributed by atoms with Crippen molar-refractivity contribution in [3.8, 4) is 5.88 Å². The average Bonchev–Trinajstić information content (AvgIpc) is 3.18. The normalized spacial score (nSPS) is 14.9. The maximum atomic E-state index is 5.74. The van der Waals surface area contributed by atoms with E-state index in [1.54, 1.807) is 6.33 Å². The van der Waals surface area contributed by atoms with Gasteiger partial charge in [0.15, 0.2) is 0 Å². The molecule has 2 rings (SSSR count). The second-order valence-electron chi connectivity index (χ2n) is 4.74. The smallest absolute Gasteiger partial charge is 0.221 e. The SMILES string of the molecule is CCNc1ncnc(OCCN(C)C2CC2)c1C. The van der Waals surface area contributed by atoms with Crippen LogP contribution < -0.4 is 10.1 Å². The summed E-state index contributed by atoms with van der Waals surface area (Å²) in [6, 6.07) is 0.775. The first-order chi connectivity index (χ1) is 8.72. The minimum atomic E-state index is 0.677. The molecule has 1 aromatic rings. The fraction of sp³-hybridized carbons (Fsp3) is 0.692. The third kappa shape index (κ3) is 3.32. The monoisotopic (exact) mass is 250 g/mol. The van der Waals surface area contributed by atoms with Crippen molar-refractivity contribution in [3.05, 3.63) is 11.9 Å². The van der Waals surface area contributed by atoms with Crippen molar-refractivity contribution < 1.29 is 4.74 Å². The second-order valence-corrected chi connectivity index (χ2v) is 4.74. The number of likely N-dealkylation sites (N-methyl/N-ethyl adjacent to an activating group) is 1. The number of rotatable bonds is 7. The zero-order valence-corrected chi connectivity index (χ0v) is 11.4. The lowest BCUT2D eigenvalue weighted by molar-refractivity contribution is 0.225. The summed E-state index contributed by atoms with van der Waals surface area (Å²) < 4.78 is 5.74. The van der Waals surface area contributed by atoms with Crippen molar-refractivity contribution >= 4 is 5.82 Å². The van der Waals surface area contributed by atoms with Gasteiger partial charge in [0.1, 0.15) is 18.8 Å². The van der Waals surface area contributed by atoms with Crippen LogP contribution in [0.15, 0.2) is 6.33 Å². The van der Waals surface area contributed by atoms with Gasteiger partial charge in [-0.15, -0.1) is 0 Å². The van der Waals surface area contributed by atoms with E-state index in [2.05, 4.69) is 27.2 Å². The van der Waals surface area contributed by atoms with Gasteiger partial charge < -0.3 is 15.0 Å². The predicted molar refractivity (Wildman–Crippen MR) is 72.1 cm³/mol. The number of nitrogens with zero attached hydrogens (tertiary/aromatic N) is 3. The van der Waals surface area contributed by atoms with Gasteiger partial charge in [-0.05, 0) is 33.7 Å². The molecule has 0 amide bonds. The van der Waals surface area contributed by atoms with Crippen LogP contribution in [0.3, 0.4) is 0 Å². The minimum Gasteiger partial charge on any atom is -0.476 e. The molecule has 1 aliphatic rings. The highest BCUT2D eigenvalue weighted by Crippen LogP contribution is 2.25. The number of hydrogen-bond donors (Lipinski definition) is 1. The molecule has 1 saturated carbocycles. The number of anilines is 1. The Balaban J connectivity index is 1.86. The molecule has 5 heteroatoms. The number of nitrogens with one attached hydrogen (secondary N) is 1. The molecule has 0 aliphatic heterocycles. The molecule has 1 fully saturated rings. The lowest BCUT2D eigenvalue weighted by Gasteiger charge is -2.16. The van der Waals surface area contributed by atoms with E-state index in [1.807, 2.05) is 13.8 Å². The van der Waals surface area contributed by atoms with Gasteiger partial charge >= 0.3 is 0 Å². The van der Waals surface area contributed by atoms with Gasteiger partial charge in [0.05, 0.1) is 5.56 Å². The molecule has 1 aromatic heterocycles. The van der Waals surface area contributed by atoms with Gasteiger partial charge in [0.25, 0.3) is 0 Å². The lowest BCUT2D eigenvalue weighted by Crippen LogP contribution is -2.26. The largest absolute Gasteiger partial charge is 0.476 e. The summed E-state index contributed by atoms with van der Waals surface area (Å²) in [4.78, 5) is 10.7. The molecule has 0 atom stereocenters. The van der Waals surface area contributed by atoms with E-state index < -0.39 is 0 Å². The molecule has 1 aliphatic carbocycles. The molecule has 5 nitrogen and oxygen atoms in total. The van der Waals surface area contributed by atoms with Gasteiger partial charge in [-0.1, -0.05) is 0 Å². The van der Waals surface area contributed by atoms with Crippen LogP contribution in [0.1, 0.15) is 25.3 Å². The van der Waals surface area contributed by atoms with Gasteiger partial charge in [0, 0.05) is 19.1 Å². The lowest BCUT2D eigenvalue weighted by atomic mass is 10.3. The van der Waals surface area contributed by atoms with Gasteiger partial charge in [-0.2, -0.15) is 0 Å². The maximum absolute atomic E-state index is 5.74. The van der Waals surface area contributed by atoms with Crippen LogP contribution in [-0.2, 0) is 0 Å². The van der Waals surface area contributed by atoms with Crippen LogP contribution in [0.4, 0.5) is 5.82 Å². The van der Waals surface area contributed by atoms with E-state index in [0.717, 1.165) is 30.5 Å². The first kappa shape index (κ1) is 13.1. The summed E-state index contributed by atoms with van der Waals surface area (Å²) in [5.41, 5.74) is 0.980. The van der Waals surface area contributed by atoms with Crippen molar-refractivity contribution in [2.75, 3.05) is 32.1 Å². The average molecular weight is 250 g/mol. The molecule has 0 radical (unpaired) electrons. The molecule has 0 spiro atoms. The Kier molecular flexibility index (Phi) is 4.36. The first-order valence-corrected chi connectivity index (χ1v) is 6.61. The molecule has 0 saturated heterocycles. The third-order valence-corrected chi connectivity index (χ3v) is 3.24. The Morgan fingerprint density at radius 1 is 1.44 bits per heavy atom. The fourth-order valence-corrected chi connectivity index (χ4v) is 1.91. The van der Waals surface area contributed by atoms with E-state index in [9.17, 15) is 0 Å². The predicted octanol–water partition coefficient (Wildman–Crippen LogP) is 1.69. The van der Waals surface area contributed by atoms with Crippen molar-refractivity contribution in [1.82, 2.24) is 14.9 Å². The van der Waals surface area contributed by atoms with Gasteiger partial charge in [-0.25, -0.2) is 9.97 Å². The summed E-state index contributed by atoms with van der Waals surface area (Å²) in [5, 5.41) is 3.20. The summed E-state index contributed by atoms with van der Waals surface area (Å²) >= 11 is 0. The molecule has 100 valence electrons. The van der Waals surface area contributed by atoms with E-state index >= 15 is 0 Å². The summed E-state index contributed by atoms with van der Waals surface area (Å²) in [7, 11) is 2.15. The molecule has 0 aromatic carbocycles. The third-order valence-electron chi connectivity index (χ3n) is 3.24. The van der Waals surface area contributed by atoms with Crippen molar-refractivity contribution in [2.24, 2.45) is 0 Å². The molecular formula is C13H22N4O. The molecule has 1 N–H and O–H groups in total. The molecule has 1 heterocycles. The Morgan fingerprint density at radius 2 is 2.22 bits per heavy atom. The van der Waals surface area contributed by atoms with Crippen LogP contribution in [0.5, 0.6) is 5.88 Å². The standard InChI is InChI=1S/C13H22N4O/c1-4-14-12-10(2)13(16-9-15-12)18-8-7-17(3)11-5-6-11/h9,11H,4-8H2,1-3H3,(H,14,15,16). The maximum Gasteiger partial charge on any atom is 0.221 e. The topological polar surface area (TPSA) is 50.3 Å². The van der Waals surface area contributed by atoms with Crippen LogP contribution in [-0.4, -0.2) is 47.7 Å². The Bertz CT molecular complexity index is 393. The Labute approximate surface area is 109 Å². The minimum absolute atomic E-state index is 0.677. The highest BCUT2D eigenvalue weighted by Gasteiger charge is 2.25. The highest BCUT2D eigenvalue weighted by atomic mass is 16.5. The summed E-state index contributed by atoms with van der Waals surface area (Å²) in [6.45, 7) is 6.51. The molecule has 0 bridgehead atoms. The summed E-state index contributed by atoms with van der Waals surface area (Å²) in [6.07, 6.45) is 4.20. The Hall–Kier alpha value is -1.36. The van der Waals surface area contributed by atoms with Crippen LogP contribution in [0.2, 0.25) is 0 Å². The van der Waals surface area contributed by atoms with Gasteiger partial charge in [0.2, 0.25) is 5.88 Å². The first-order valence-electron chi connectivity index (χ1n) is 6.61. The number of hydrogen-bond acceptors (Lipinski definition) is 5. The van der Waals surface area contributed by atoms with Gasteiger partial charge in [-0.3, -0.25) is 0 Å². The zero-order valence-electron chi connectivity index (χ0n) is 11.4. The van der Waals surface area contributed by atoms with Crippen LogP contribution in [0.25, 0.3) is 0 Å². The zero-order chi connectivity index (χ0) is 13.0. The molecule has 0 unspecified atom stereocenters. The second kappa shape index (κ2) is 6.00. The highest BCUT2D eigenvalue weighted by molar-refractivity contribution is 5.47. The summed E-state index contributed by atoms with van der Waals surface area (Å²) in [5.74, 6) is 1.54. The molecular weight excluding hydrogens is 228 g/mol. The number of ether oxygens (including phenoxy) is 1. The molecule has 18 heavy (non-hydrogen) atoms. The van der Waals surface area contributed by atoms with Crippen LogP contribution in [0, 0.1) is 6.92 Å². The van der Waals surface area contributed by atoms with Crippen molar-refractivity contribution in [1.29, 1.82) is 0 Å². The van der Waals surface area contributed by atoms with E-state index in [0.29, 0.717) is 12.5 Å². The fourth-order valence-electron chi connectivity index (χ4n) is 1.91. The van der Waals surface area contributed by atoms with E-state index in [4.69, 9.17) is 4.74 Å². The van der Waals surface area contributed by atoms with Crippen molar-refractivity contribution in [2.45, 2.75) is 32.7 Å². The quantitative estimate of drug-likeness (QED) is 0.798. The van der Waals surface area contributed by atoms with E-state index in [1.165, 1.54) is 12.8 Å². The Morgan fingerprint density at radius 3 is 2.89 bits per heavy atom. The van der Waals surface area contributed by atoms with E-state index in [-0.39, 0.29) is 0 Å². The van der Waals surface area contributed by atoms with Crippen molar-refractivity contribution in [3.63, 3.8) is 0 Å².